The number of aryl methyl sites for hydroxylation is 1. The Kier molecular flexibility index (Phi) is 4.64. The van der Waals surface area contributed by atoms with Crippen molar-refractivity contribution < 1.29 is 0 Å². The van der Waals surface area contributed by atoms with E-state index in [1.165, 1.54) is 40.5 Å². The normalized spacial score (nSPS) is 20.9. The van der Waals surface area contributed by atoms with E-state index in [1.807, 2.05) is 0 Å². The van der Waals surface area contributed by atoms with E-state index >= 15 is 0 Å². The predicted octanol–water partition coefficient (Wildman–Crippen LogP) is 5.76. The van der Waals surface area contributed by atoms with Gasteiger partial charge in [0, 0.05) is 16.2 Å². The van der Waals surface area contributed by atoms with Crippen LogP contribution in [0.1, 0.15) is 43.2 Å². The molecule has 21 heavy (non-hydrogen) atoms. The lowest BCUT2D eigenvalue weighted by Crippen LogP contribution is -2.34. The first-order valence-corrected chi connectivity index (χ1v) is 8.66. The number of benzene rings is 2. The summed E-state index contributed by atoms with van der Waals surface area (Å²) >= 11 is 3.67. The van der Waals surface area contributed by atoms with Gasteiger partial charge in [-0.2, -0.15) is 0 Å². The molecule has 0 radical (unpaired) electrons. The predicted molar refractivity (Wildman–Crippen MR) is 94.0 cm³/mol. The molecule has 0 saturated heterocycles. The zero-order chi connectivity index (χ0) is 14.7. The third kappa shape index (κ3) is 3.32. The molecule has 0 heterocycles. The van der Waals surface area contributed by atoms with Crippen LogP contribution in [0.25, 0.3) is 0 Å². The molecule has 1 N–H and O–H groups in total. The van der Waals surface area contributed by atoms with Crippen LogP contribution in [-0.2, 0) is 6.42 Å². The summed E-state index contributed by atoms with van der Waals surface area (Å²) in [5.41, 5.74) is 4.23. The van der Waals surface area contributed by atoms with Gasteiger partial charge in [0.25, 0.3) is 0 Å². The number of para-hydroxylation sites is 1. The largest absolute Gasteiger partial charge is 0.382 e. The Balaban J connectivity index is 1.62. The SMILES string of the molecule is CCCc1ccccc1NC1CC(c2ccccc2Br)C1. The van der Waals surface area contributed by atoms with Gasteiger partial charge in [-0.15, -0.1) is 0 Å². The number of hydrogen-bond acceptors (Lipinski definition) is 1. The summed E-state index contributed by atoms with van der Waals surface area (Å²) < 4.78 is 1.25. The van der Waals surface area contributed by atoms with Gasteiger partial charge < -0.3 is 5.32 Å². The maximum Gasteiger partial charge on any atom is 0.0374 e. The van der Waals surface area contributed by atoms with Crippen LogP contribution in [0.2, 0.25) is 0 Å². The zero-order valence-corrected chi connectivity index (χ0v) is 14.1. The van der Waals surface area contributed by atoms with Gasteiger partial charge in [0.1, 0.15) is 0 Å². The first-order chi connectivity index (χ1) is 10.3. The maximum absolute atomic E-state index is 3.74. The molecule has 0 aliphatic heterocycles. The van der Waals surface area contributed by atoms with E-state index in [9.17, 15) is 0 Å². The van der Waals surface area contributed by atoms with Gasteiger partial charge in [0.05, 0.1) is 0 Å². The minimum Gasteiger partial charge on any atom is -0.382 e. The highest BCUT2D eigenvalue weighted by Gasteiger charge is 2.31. The second kappa shape index (κ2) is 6.65. The van der Waals surface area contributed by atoms with Crippen molar-refractivity contribution >= 4 is 21.6 Å². The highest BCUT2D eigenvalue weighted by molar-refractivity contribution is 9.10. The summed E-state index contributed by atoms with van der Waals surface area (Å²) in [5.74, 6) is 0.691. The summed E-state index contributed by atoms with van der Waals surface area (Å²) in [5, 5.41) is 3.74. The second-order valence-corrected chi connectivity index (χ2v) is 6.79. The fraction of sp³-hybridized carbons (Fsp3) is 0.368. The quantitative estimate of drug-likeness (QED) is 0.727. The molecule has 1 nitrogen and oxygen atoms in total. The fourth-order valence-corrected chi connectivity index (χ4v) is 3.77. The third-order valence-electron chi connectivity index (χ3n) is 4.38. The summed E-state index contributed by atoms with van der Waals surface area (Å²) in [6, 6.07) is 18.0. The van der Waals surface area contributed by atoms with Crippen LogP contribution < -0.4 is 5.32 Å². The maximum atomic E-state index is 3.74. The van der Waals surface area contributed by atoms with Crippen molar-refractivity contribution in [2.75, 3.05) is 5.32 Å². The van der Waals surface area contributed by atoms with E-state index in [-0.39, 0.29) is 0 Å². The van der Waals surface area contributed by atoms with Crippen molar-refractivity contribution in [1.29, 1.82) is 0 Å². The summed E-state index contributed by atoms with van der Waals surface area (Å²) in [6.45, 7) is 2.24. The second-order valence-electron chi connectivity index (χ2n) is 5.94. The smallest absolute Gasteiger partial charge is 0.0374 e. The summed E-state index contributed by atoms with van der Waals surface area (Å²) in [4.78, 5) is 0. The van der Waals surface area contributed by atoms with Gasteiger partial charge in [-0.05, 0) is 48.4 Å². The molecule has 0 unspecified atom stereocenters. The highest BCUT2D eigenvalue weighted by atomic mass is 79.9. The standard InChI is InChI=1S/C19H22BrN/c1-2-7-14-8-3-6-11-19(14)21-16-12-15(13-16)17-9-4-5-10-18(17)20/h3-6,8-11,15-16,21H,2,7,12-13H2,1H3. The Bertz CT molecular complexity index is 602. The van der Waals surface area contributed by atoms with Crippen LogP contribution in [0.15, 0.2) is 53.0 Å². The molecule has 0 amide bonds. The van der Waals surface area contributed by atoms with E-state index in [4.69, 9.17) is 0 Å². The van der Waals surface area contributed by atoms with Crippen LogP contribution in [0.5, 0.6) is 0 Å². The number of hydrogen-bond donors (Lipinski definition) is 1. The molecule has 2 aromatic rings. The highest BCUT2D eigenvalue weighted by Crippen LogP contribution is 2.41. The van der Waals surface area contributed by atoms with Crippen LogP contribution in [0.3, 0.4) is 0 Å². The van der Waals surface area contributed by atoms with Gasteiger partial charge in [0.15, 0.2) is 0 Å². The molecule has 1 aliphatic rings. The van der Waals surface area contributed by atoms with Crippen LogP contribution in [-0.4, -0.2) is 6.04 Å². The molecule has 1 fully saturated rings. The van der Waals surface area contributed by atoms with Crippen molar-refractivity contribution in [2.24, 2.45) is 0 Å². The average Bonchev–Trinajstić information content (AvgIpc) is 2.45. The lowest BCUT2D eigenvalue weighted by atomic mass is 9.75. The van der Waals surface area contributed by atoms with Gasteiger partial charge >= 0.3 is 0 Å². The summed E-state index contributed by atoms with van der Waals surface area (Å²) in [6.07, 6.45) is 4.80. The Morgan fingerprint density at radius 1 is 1.05 bits per heavy atom. The van der Waals surface area contributed by atoms with Crippen molar-refractivity contribution in [3.63, 3.8) is 0 Å². The van der Waals surface area contributed by atoms with E-state index in [2.05, 4.69) is 76.7 Å². The van der Waals surface area contributed by atoms with Crippen molar-refractivity contribution in [3.8, 4) is 0 Å². The molecular formula is C19H22BrN. The summed E-state index contributed by atoms with van der Waals surface area (Å²) in [7, 11) is 0. The van der Waals surface area contributed by atoms with Crippen LogP contribution in [0, 0.1) is 0 Å². The molecule has 110 valence electrons. The minimum absolute atomic E-state index is 0.611. The molecule has 2 aromatic carbocycles. The lowest BCUT2D eigenvalue weighted by molar-refractivity contribution is 0.373. The molecule has 2 heteroatoms. The van der Waals surface area contributed by atoms with Crippen LogP contribution in [0.4, 0.5) is 5.69 Å². The molecule has 3 rings (SSSR count). The van der Waals surface area contributed by atoms with Crippen molar-refractivity contribution in [1.82, 2.24) is 0 Å². The van der Waals surface area contributed by atoms with E-state index in [0.29, 0.717) is 12.0 Å². The Morgan fingerprint density at radius 2 is 1.76 bits per heavy atom. The third-order valence-corrected chi connectivity index (χ3v) is 5.10. The van der Waals surface area contributed by atoms with Crippen molar-refractivity contribution in [2.45, 2.75) is 44.6 Å². The Morgan fingerprint density at radius 3 is 2.52 bits per heavy atom. The van der Waals surface area contributed by atoms with E-state index in [1.54, 1.807) is 0 Å². The van der Waals surface area contributed by atoms with Crippen LogP contribution >= 0.6 is 15.9 Å². The fourth-order valence-electron chi connectivity index (χ4n) is 3.16. The number of rotatable bonds is 5. The molecule has 0 spiro atoms. The molecule has 0 bridgehead atoms. The molecule has 0 atom stereocenters. The monoisotopic (exact) mass is 343 g/mol. The molecule has 1 saturated carbocycles. The van der Waals surface area contributed by atoms with Gasteiger partial charge in [-0.25, -0.2) is 0 Å². The van der Waals surface area contributed by atoms with E-state index in [0.717, 1.165) is 6.42 Å². The zero-order valence-electron chi connectivity index (χ0n) is 12.5. The first kappa shape index (κ1) is 14.6. The topological polar surface area (TPSA) is 12.0 Å². The average molecular weight is 344 g/mol. The Hall–Kier alpha value is -1.28. The molecule has 1 aliphatic carbocycles. The molecule has 0 aromatic heterocycles. The van der Waals surface area contributed by atoms with Crippen molar-refractivity contribution in [3.05, 3.63) is 64.1 Å². The number of halogens is 1. The Labute approximate surface area is 135 Å². The number of nitrogens with one attached hydrogen (secondary N) is 1. The first-order valence-electron chi connectivity index (χ1n) is 7.86. The lowest BCUT2D eigenvalue weighted by Gasteiger charge is -2.37. The molecular weight excluding hydrogens is 322 g/mol. The minimum atomic E-state index is 0.611. The van der Waals surface area contributed by atoms with Gasteiger partial charge in [-0.3, -0.25) is 0 Å². The number of anilines is 1. The van der Waals surface area contributed by atoms with Gasteiger partial charge in [0.2, 0.25) is 0 Å². The van der Waals surface area contributed by atoms with E-state index < -0.39 is 0 Å². The van der Waals surface area contributed by atoms with Gasteiger partial charge in [-0.1, -0.05) is 65.7 Å².